The third-order valence-electron chi connectivity index (χ3n) is 0.435. The van der Waals surface area contributed by atoms with Crippen LogP contribution in [0.3, 0.4) is 0 Å². The van der Waals surface area contributed by atoms with E-state index in [0.29, 0.717) is 0 Å². The van der Waals surface area contributed by atoms with Gasteiger partial charge >= 0.3 is 6.18 Å². The lowest BCUT2D eigenvalue weighted by atomic mass is 10.8. The smallest absolute Gasteiger partial charge is 0.277 e. The first-order chi connectivity index (χ1) is 3.98. The van der Waals surface area contributed by atoms with Gasteiger partial charge in [-0.1, -0.05) is 11.8 Å². The summed E-state index contributed by atoms with van der Waals surface area (Å²) in [6.45, 7) is 0. The Morgan fingerprint density at radius 1 is 1.56 bits per heavy atom. The molecule has 0 aliphatic heterocycles. The van der Waals surface area contributed by atoms with Gasteiger partial charge in [0, 0.05) is 10.2 Å². The van der Waals surface area contributed by atoms with Crippen LogP contribution in [0.1, 0.15) is 0 Å². The molecule has 0 unspecified atom stereocenters. The van der Waals surface area contributed by atoms with Crippen molar-refractivity contribution in [1.29, 1.82) is 0 Å². The van der Waals surface area contributed by atoms with Crippen molar-refractivity contribution in [3.63, 3.8) is 0 Å². The average Bonchev–Trinajstić information content (AvgIpc) is 1.64. The fraction of sp³-hybridized carbons (Fsp3) is 0.667. The molecular formula is C3H2F3OSSi. The first-order valence-electron chi connectivity index (χ1n) is 1.87. The highest BCUT2D eigenvalue weighted by Crippen LogP contribution is 2.22. The van der Waals surface area contributed by atoms with Gasteiger partial charge in [-0.25, -0.2) is 0 Å². The lowest BCUT2D eigenvalue weighted by Crippen LogP contribution is -2.19. The Labute approximate surface area is 57.4 Å². The van der Waals surface area contributed by atoms with E-state index in [9.17, 15) is 18.0 Å². The second kappa shape index (κ2) is 3.26. The zero-order valence-electron chi connectivity index (χ0n) is 4.16. The minimum Gasteiger partial charge on any atom is -0.277 e. The quantitative estimate of drug-likeness (QED) is 0.546. The van der Waals surface area contributed by atoms with Gasteiger partial charge < -0.3 is 0 Å². The molecule has 0 aromatic rings. The van der Waals surface area contributed by atoms with Gasteiger partial charge in [-0.2, -0.15) is 13.2 Å². The summed E-state index contributed by atoms with van der Waals surface area (Å²) in [5.74, 6) is 0. The maximum absolute atomic E-state index is 11.2. The zero-order chi connectivity index (χ0) is 7.49. The fourth-order valence-corrected chi connectivity index (χ4v) is 0.835. The number of hydrogen-bond acceptors (Lipinski definition) is 2. The van der Waals surface area contributed by atoms with E-state index >= 15 is 0 Å². The van der Waals surface area contributed by atoms with Crippen LogP contribution in [-0.4, -0.2) is 26.9 Å². The summed E-state index contributed by atoms with van der Waals surface area (Å²) in [4.78, 5) is 9.87. The summed E-state index contributed by atoms with van der Waals surface area (Å²) >= 11 is 0.188. The summed E-state index contributed by atoms with van der Waals surface area (Å²) in [5, 5.41) is -1.80. The summed E-state index contributed by atoms with van der Waals surface area (Å²) in [6, 6.07) is 0. The Balaban J connectivity index is 3.74. The fourth-order valence-electron chi connectivity index (χ4n) is 0.147. The van der Waals surface area contributed by atoms with Gasteiger partial charge in [0.1, 0.15) is 0 Å². The number of thioether (sulfide) groups is 1. The number of hydrogen-bond donors (Lipinski definition) is 0. The van der Waals surface area contributed by atoms with E-state index in [1.807, 2.05) is 0 Å². The van der Waals surface area contributed by atoms with E-state index in [0.717, 1.165) is 0 Å². The van der Waals surface area contributed by atoms with Gasteiger partial charge in [0.15, 0.2) is 0 Å². The molecule has 0 atom stereocenters. The van der Waals surface area contributed by atoms with Crippen LogP contribution < -0.4 is 0 Å². The molecule has 0 aliphatic carbocycles. The van der Waals surface area contributed by atoms with Crippen LogP contribution in [0, 0.1) is 0 Å². The van der Waals surface area contributed by atoms with Crippen molar-refractivity contribution in [2.24, 2.45) is 0 Å². The topological polar surface area (TPSA) is 17.1 Å². The molecule has 0 aliphatic rings. The van der Waals surface area contributed by atoms with Crippen molar-refractivity contribution in [2.45, 2.75) is 6.18 Å². The third-order valence-corrected chi connectivity index (χ3v) is 1.51. The molecule has 0 spiro atoms. The predicted octanol–water partition coefficient (Wildman–Crippen LogP) is 0.934. The van der Waals surface area contributed by atoms with E-state index in [1.54, 1.807) is 0 Å². The highest BCUT2D eigenvalue weighted by Gasteiger charge is 2.37. The molecule has 0 aromatic carbocycles. The molecular weight excluding hydrogens is 169 g/mol. The standard InChI is InChI=1S/C3H2F3OSSi/c4-3(5,6)2(7)8-1-9/h1H2. The molecule has 0 bridgehead atoms. The van der Waals surface area contributed by atoms with E-state index in [2.05, 4.69) is 10.2 Å². The van der Waals surface area contributed by atoms with E-state index in [1.165, 1.54) is 0 Å². The van der Waals surface area contributed by atoms with Crippen LogP contribution in [0.15, 0.2) is 0 Å². The monoisotopic (exact) mass is 171 g/mol. The highest BCUT2D eigenvalue weighted by atomic mass is 32.2. The second-order valence-electron chi connectivity index (χ2n) is 1.07. The molecule has 51 valence electrons. The lowest BCUT2D eigenvalue weighted by Gasteiger charge is -2.00. The minimum absolute atomic E-state index is 0.0294. The lowest BCUT2D eigenvalue weighted by molar-refractivity contribution is -0.160. The van der Waals surface area contributed by atoms with Crippen LogP contribution in [0.25, 0.3) is 0 Å². The normalized spacial score (nSPS) is 11.6. The zero-order valence-corrected chi connectivity index (χ0v) is 5.97. The van der Waals surface area contributed by atoms with Crippen molar-refractivity contribution in [3.8, 4) is 0 Å². The summed E-state index contributed by atoms with van der Waals surface area (Å²) in [6.07, 6.45) is -4.70. The number of carbonyl (C=O) groups is 1. The third kappa shape index (κ3) is 3.58. The molecule has 0 rings (SSSR count). The molecule has 0 heterocycles. The molecule has 0 N–H and O–H groups in total. The molecule has 0 amide bonds. The Bertz CT molecular complexity index is 112. The average molecular weight is 171 g/mol. The van der Waals surface area contributed by atoms with E-state index in [-0.39, 0.29) is 17.1 Å². The van der Waals surface area contributed by atoms with E-state index in [4.69, 9.17) is 0 Å². The van der Waals surface area contributed by atoms with Crippen molar-refractivity contribution < 1.29 is 18.0 Å². The Kier molecular flexibility index (Phi) is 3.27. The van der Waals surface area contributed by atoms with Crippen LogP contribution in [-0.2, 0) is 4.79 Å². The SMILES string of the molecule is O=C(SC[Si])C(F)(F)F. The highest BCUT2D eigenvalue weighted by molar-refractivity contribution is 8.14. The summed E-state index contributed by atoms with van der Waals surface area (Å²) in [7, 11) is 2.73. The van der Waals surface area contributed by atoms with Gasteiger partial charge in [-0.05, 0) is 5.38 Å². The molecule has 6 heteroatoms. The number of halogens is 3. The Morgan fingerprint density at radius 3 is 2.11 bits per heavy atom. The van der Waals surface area contributed by atoms with Crippen LogP contribution in [0.5, 0.6) is 0 Å². The molecule has 0 fully saturated rings. The molecule has 0 saturated carbocycles. The van der Waals surface area contributed by atoms with Gasteiger partial charge in [0.05, 0.1) is 0 Å². The molecule has 1 nitrogen and oxygen atoms in total. The number of alkyl halides is 3. The van der Waals surface area contributed by atoms with Gasteiger partial charge in [-0.3, -0.25) is 4.79 Å². The van der Waals surface area contributed by atoms with Crippen molar-refractivity contribution in [3.05, 3.63) is 0 Å². The van der Waals surface area contributed by atoms with Gasteiger partial charge in [0.25, 0.3) is 5.12 Å². The van der Waals surface area contributed by atoms with Crippen LogP contribution >= 0.6 is 11.8 Å². The van der Waals surface area contributed by atoms with Crippen molar-refractivity contribution in [1.82, 2.24) is 0 Å². The van der Waals surface area contributed by atoms with Crippen LogP contribution in [0.4, 0.5) is 13.2 Å². The summed E-state index contributed by atoms with van der Waals surface area (Å²) in [5.41, 5.74) is 0. The predicted molar refractivity (Wildman–Crippen MR) is 29.3 cm³/mol. The molecule has 3 radical (unpaired) electrons. The maximum atomic E-state index is 11.2. The molecule has 9 heavy (non-hydrogen) atoms. The first-order valence-corrected chi connectivity index (χ1v) is 3.56. The summed E-state index contributed by atoms with van der Waals surface area (Å²) < 4.78 is 33.7. The van der Waals surface area contributed by atoms with Crippen LogP contribution in [0.2, 0.25) is 0 Å². The Hall–Kier alpha value is 0.0269. The molecule has 0 saturated heterocycles. The second-order valence-corrected chi connectivity index (χ2v) is 2.89. The van der Waals surface area contributed by atoms with Crippen molar-refractivity contribution in [2.75, 3.05) is 5.38 Å². The minimum atomic E-state index is -4.70. The number of carbonyl (C=O) groups excluding carboxylic acids is 1. The van der Waals surface area contributed by atoms with E-state index < -0.39 is 11.3 Å². The largest absolute Gasteiger partial charge is 0.460 e. The van der Waals surface area contributed by atoms with Crippen molar-refractivity contribution >= 4 is 27.1 Å². The van der Waals surface area contributed by atoms with Gasteiger partial charge in [-0.15, -0.1) is 0 Å². The Morgan fingerprint density at radius 2 is 2.00 bits per heavy atom. The molecule has 0 aromatic heterocycles. The van der Waals surface area contributed by atoms with Gasteiger partial charge in [0.2, 0.25) is 0 Å². The first kappa shape index (κ1) is 9.03. The number of rotatable bonds is 1. The maximum Gasteiger partial charge on any atom is 0.460 e.